The summed E-state index contributed by atoms with van der Waals surface area (Å²) in [4.78, 5) is 11.5. The van der Waals surface area contributed by atoms with Crippen LogP contribution in [0.4, 0.5) is 4.79 Å². The van der Waals surface area contributed by atoms with Crippen LogP contribution in [0.3, 0.4) is 0 Å². The Morgan fingerprint density at radius 3 is 2.38 bits per heavy atom. The average molecular weight is 116 g/mol. The smallest absolute Gasteiger partial charge is 0.393 e. The first kappa shape index (κ1) is 7.29. The minimum atomic E-state index is -0.987. The van der Waals surface area contributed by atoms with Crippen LogP contribution in [0, 0.1) is 0 Å². The Morgan fingerprint density at radius 2 is 2.25 bits per heavy atom. The molecular weight excluding hydrogens is 107 g/mol. The number of nitrogens with one attached hydrogen (secondary N) is 1. The van der Waals surface area contributed by atoms with Gasteiger partial charge in [-0.15, -0.1) is 0 Å². The topological polar surface area (TPSA) is 52.6 Å². The van der Waals surface area contributed by atoms with Gasteiger partial charge in [0.15, 0.2) is 0 Å². The number of hydrogen-bond acceptors (Lipinski definition) is 2. The van der Waals surface area contributed by atoms with Gasteiger partial charge in [-0.05, 0) is 14.1 Å². The van der Waals surface area contributed by atoms with Gasteiger partial charge in [0.05, 0.1) is 0 Å². The van der Waals surface area contributed by atoms with Crippen molar-refractivity contribution in [3.63, 3.8) is 0 Å². The van der Waals surface area contributed by atoms with Crippen molar-refractivity contribution in [1.82, 2.24) is 10.0 Å². The van der Waals surface area contributed by atoms with E-state index in [1.165, 1.54) is 0 Å². The molecule has 0 aliphatic carbocycles. The van der Waals surface area contributed by atoms with Crippen LogP contribution >= 0.6 is 0 Å². The second-order valence-electron chi connectivity index (χ2n) is 1.72. The van der Waals surface area contributed by atoms with E-state index < -0.39 is 6.09 Å². The van der Waals surface area contributed by atoms with Crippen molar-refractivity contribution >= 4 is 13.6 Å². The van der Waals surface area contributed by atoms with Crippen LogP contribution in [-0.2, 0) is 0 Å². The lowest BCUT2D eigenvalue weighted by Gasteiger charge is -2.04. The van der Waals surface area contributed by atoms with Gasteiger partial charge < -0.3 is 15.1 Å². The number of rotatable bonds is 2. The molecule has 8 heavy (non-hydrogen) atoms. The summed E-state index contributed by atoms with van der Waals surface area (Å²) >= 11 is 0. The molecule has 0 aliphatic heterocycles. The highest BCUT2D eigenvalue weighted by Crippen LogP contribution is 1.62. The van der Waals surface area contributed by atoms with Crippen molar-refractivity contribution in [1.29, 1.82) is 0 Å². The zero-order chi connectivity index (χ0) is 6.57. The van der Waals surface area contributed by atoms with E-state index in [0.717, 1.165) is 0 Å². The third-order valence-electron chi connectivity index (χ3n) is 0.547. The van der Waals surface area contributed by atoms with Gasteiger partial charge in [-0.2, -0.15) is 0 Å². The van der Waals surface area contributed by atoms with E-state index in [0.29, 0.717) is 7.55 Å². The molecule has 0 aliphatic rings. The molecule has 0 saturated carbocycles. The highest BCUT2D eigenvalue weighted by Gasteiger charge is 1.95. The minimum absolute atomic E-state index is 0.370. The second kappa shape index (κ2) is 3.32. The largest absolute Gasteiger partial charge is 0.466 e. The molecule has 0 bridgehead atoms. The van der Waals surface area contributed by atoms with E-state index in [9.17, 15) is 4.79 Å². The summed E-state index contributed by atoms with van der Waals surface area (Å²) in [6, 6.07) is 0. The standard InChI is InChI=1S/C3H9BN2O2/c1-6(2)4-5-3(7)8/h4-5H,1-2H3,(H,7,8). The monoisotopic (exact) mass is 116 g/mol. The SMILES string of the molecule is CN(C)BNC(=O)O. The molecule has 0 radical (unpaired) electrons. The maximum absolute atomic E-state index is 9.77. The maximum Gasteiger partial charge on any atom is 0.393 e. The number of carboxylic acid groups (broad SMARTS) is 1. The summed E-state index contributed by atoms with van der Waals surface area (Å²) < 4.78 is 0. The first-order valence-electron chi connectivity index (χ1n) is 2.24. The Hall–Kier alpha value is -0.705. The Morgan fingerprint density at radius 1 is 1.75 bits per heavy atom. The molecule has 4 nitrogen and oxygen atoms in total. The Labute approximate surface area is 48.8 Å². The molecule has 0 aromatic heterocycles. The predicted molar refractivity (Wildman–Crippen MR) is 32.0 cm³/mol. The van der Waals surface area contributed by atoms with E-state index in [1.807, 2.05) is 0 Å². The Bertz CT molecular complexity index is 85.4. The molecule has 0 saturated heterocycles. The summed E-state index contributed by atoms with van der Waals surface area (Å²) in [7, 11) is 3.95. The fraction of sp³-hybridized carbons (Fsp3) is 0.667. The highest BCUT2D eigenvalue weighted by atomic mass is 16.4. The summed E-state index contributed by atoms with van der Waals surface area (Å²) in [5.74, 6) is 0. The van der Waals surface area contributed by atoms with E-state index in [1.54, 1.807) is 18.9 Å². The first-order chi connectivity index (χ1) is 3.63. The lowest BCUT2D eigenvalue weighted by molar-refractivity contribution is 0.200. The van der Waals surface area contributed by atoms with Crippen LogP contribution < -0.4 is 5.23 Å². The third-order valence-corrected chi connectivity index (χ3v) is 0.547. The Kier molecular flexibility index (Phi) is 3.02. The number of hydrogen-bond donors (Lipinski definition) is 2. The van der Waals surface area contributed by atoms with Crippen molar-refractivity contribution in [2.45, 2.75) is 0 Å². The molecule has 0 heterocycles. The number of amides is 1. The zero-order valence-electron chi connectivity index (χ0n) is 5.01. The van der Waals surface area contributed by atoms with Crippen molar-refractivity contribution in [3.8, 4) is 0 Å². The molecule has 2 N–H and O–H groups in total. The molecule has 0 rings (SSSR count). The lowest BCUT2D eigenvalue weighted by Crippen LogP contribution is -2.35. The Balaban J connectivity index is 3.05. The van der Waals surface area contributed by atoms with Crippen molar-refractivity contribution in [2.75, 3.05) is 14.1 Å². The van der Waals surface area contributed by atoms with Gasteiger partial charge in [-0.1, -0.05) is 0 Å². The van der Waals surface area contributed by atoms with E-state index in [4.69, 9.17) is 5.11 Å². The molecule has 0 unspecified atom stereocenters. The molecule has 46 valence electrons. The molecule has 0 fully saturated rings. The van der Waals surface area contributed by atoms with Crippen LogP contribution in [0.1, 0.15) is 0 Å². The molecule has 0 aromatic rings. The zero-order valence-corrected chi connectivity index (χ0v) is 5.01. The van der Waals surface area contributed by atoms with Gasteiger partial charge in [0.25, 0.3) is 0 Å². The molecule has 0 atom stereocenters. The lowest BCUT2D eigenvalue weighted by atomic mass is 10.1. The number of nitrogens with zero attached hydrogens (tertiary/aromatic N) is 1. The van der Waals surface area contributed by atoms with E-state index in [-0.39, 0.29) is 0 Å². The van der Waals surface area contributed by atoms with Crippen molar-refractivity contribution < 1.29 is 9.90 Å². The van der Waals surface area contributed by atoms with Gasteiger partial charge in [0, 0.05) is 0 Å². The summed E-state index contributed by atoms with van der Waals surface area (Å²) in [5, 5.41) is 10.2. The van der Waals surface area contributed by atoms with Crippen LogP contribution in [-0.4, -0.2) is 37.7 Å². The fourth-order valence-electron chi connectivity index (χ4n) is 0.226. The van der Waals surface area contributed by atoms with E-state index in [2.05, 4.69) is 5.23 Å². The summed E-state index contributed by atoms with van der Waals surface area (Å²) in [6.07, 6.45) is -0.987. The van der Waals surface area contributed by atoms with Crippen LogP contribution in [0.25, 0.3) is 0 Å². The number of carbonyl (C=O) groups is 1. The molecular formula is C3H9BN2O2. The summed E-state index contributed by atoms with van der Waals surface area (Å²) in [5.41, 5.74) is 0. The molecule has 1 amide bonds. The molecule has 0 aromatic carbocycles. The molecule has 5 heteroatoms. The van der Waals surface area contributed by atoms with Crippen molar-refractivity contribution in [3.05, 3.63) is 0 Å². The highest BCUT2D eigenvalue weighted by molar-refractivity contribution is 6.32. The fourth-order valence-corrected chi connectivity index (χ4v) is 0.226. The predicted octanol–water partition coefficient (Wildman–Crippen LogP) is -0.918. The third kappa shape index (κ3) is 5.29. The normalized spacial score (nSPS) is 8.88. The van der Waals surface area contributed by atoms with Crippen LogP contribution in [0.15, 0.2) is 0 Å². The van der Waals surface area contributed by atoms with Crippen LogP contribution in [0.5, 0.6) is 0 Å². The maximum atomic E-state index is 9.77. The van der Waals surface area contributed by atoms with Gasteiger partial charge in [-0.25, -0.2) is 4.79 Å². The minimum Gasteiger partial charge on any atom is -0.466 e. The van der Waals surface area contributed by atoms with E-state index >= 15 is 0 Å². The van der Waals surface area contributed by atoms with Gasteiger partial charge in [0.1, 0.15) is 0 Å². The van der Waals surface area contributed by atoms with Gasteiger partial charge in [0.2, 0.25) is 0 Å². The quantitative estimate of drug-likeness (QED) is 0.459. The van der Waals surface area contributed by atoms with Crippen molar-refractivity contribution in [2.24, 2.45) is 0 Å². The second-order valence-corrected chi connectivity index (χ2v) is 1.72. The first-order valence-corrected chi connectivity index (χ1v) is 2.24. The molecule has 0 spiro atoms. The summed E-state index contributed by atoms with van der Waals surface area (Å²) in [6.45, 7) is 0. The average Bonchev–Trinajstić information content (AvgIpc) is 1.61. The van der Waals surface area contributed by atoms with Crippen LogP contribution in [0.2, 0.25) is 0 Å². The van der Waals surface area contributed by atoms with Gasteiger partial charge >= 0.3 is 13.6 Å². The van der Waals surface area contributed by atoms with Gasteiger partial charge in [-0.3, -0.25) is 0 Å².